The third kappa shape index (κ3) is 4.81. The zero-order valence-electron chi connectivity index (χ0n) is 15.3. The number of rotatable bonds is 7. The number of hydrogen-bond donors (Lipinski definition) is 1. The van der Waals surface area contributed by atoms with Gasteiger partial charge >= 0.3 is 0 Å². The Morgan fingerprint density at radius 1 is 1.04 bits per heavy atom. The summed E-state index contributed by atoms with van der Waals surface area (Å²) < 4.78 is 0. The highest BCUT2D eigenvalue weighted by molar-refractivity contribution is 6.09. The number of amides is 2. The van der Waals surface area contributed by atoms with E-state index in [4.69, 9.17) is 0 Å². The Bertz CT molecular complexity index is 558. The maximum Gasteiger partial charge on any atom is 0.239 e. The molecule has 0 saturated carbocycles. The Labute approximate surface area is 140 Å². The van der Waals surface area contributed by atoms with Crippen LogP contribution >= 0.6 is 0 Å². The predicted octanol–water partition coefficient (Wildman–Crippen LogP) is 3.92. The highest BCUT2D eigenvalue weighted by Gasteiger charge is 2.38. The molecule has 0 heterocycles. The highest BCUT2D eigenvalue weighted by atomic mass is 16.2. The lowest BCUT2D eigenvalue weighted by Crippen LogP contribution is -2.47. The quantitative estimate of drug-likeness (QED) is 0.775. The van der Waals surface area contributed by atoms with Crippen molar-refractivity contribution in [2.75, 3.05) is 18.4 Å². The normalized spacial score (nSPS) is 11.2. The molecule has 1 aromatic carbocycles. The highest BCUT2D eigenvalue weighted by Crippen LogP contribution is 2.23. The summed E-state index contributed by atoms with van der Waals surface area (Å²) in [7, 11) is 0. The van der Waals surface area contributed by atoms with Crippen molar-refractivity contribution in [2.24, 2.45) is 5.41 Å². The first-order chi connectivity index (χ1) is 10.7. The van der Waals surface area contributed by atoms with Crippen molar-refractivity contribution in [3.63, 3.8) is 0 Å². The number of carbonyl (C=O) groups is 2. The van der Waals surface area contributed by atoms with Crippen molar-refractivity contribution in [1.29, 1.82) is 0 Å². The molecular formula is C19H30N2O2. The van der Waals surface area contributed by atoms with Crippen molar-refractivity contribution in [3.05, 3.63) is 29.3 Å². The summed E-state index contributed by atoms with van der Waals surface area (Å²) in [5.41, 5.74) is 1.95. The first-order valence-corrected chi connectivity index (χ1v) is 8.42. The van der Waals surface area contributed by atoms with Crippen LogP contribution in [0.25, 0.3) is 0 Å². The molecule has 1 rings (SSSR count). The van der Waals surface area contributed by atoms with Crippen LogP contribution in [-0.4, -0.2) is 29.8 Å². The molecule has 0 unspecified atom stereocenters. The van der Waals surface area contributed by atoms with Crippen LogP contribution in [0.3, 0.4) is 0 Å². The lowest BCUT2D eigenvalue weighted by Gasteiger charge is -2.30. The number of anilines is 1. The molecule has 4 heteroatoms. The summed E-state index contributed by atoms with van der Waals surface area (Å²) in [6.45, 7) is 12.9. The predicted molar refractivity (Wildman–Crippen MR) is 95.5 cm³/mol. The molecule has 0 saturated heterocycles. The van der Waals surface area contributed by atoms with E-state index in [0.29, 0.717) is 13.1 Å². The van der Waals surface area contributed by atoms with Crippen molar-refractivity contribution >= 4 is 17.5 Å². The van der Waals surface area contributed by atoms with E-state index < -0.39 is 5.41 Å². The van der Waals surface area contributed by atoms with Crippen LogP contribution in [0.15, 0.2) is 18.2 Å². The fourth-order valence-electron chi connectivity index (χ4n) is 2.45. The molecule has 4 nitrogen and oxygen atoms in total. The molecule has 0 aliphatic heterocycles. The second-order valence-corrected chi connectivity index (χ2v) is 6.67. The van der Waals surface area contributed by atoms with E-state index in [9.17, 15) is 9.59 Å². The molecule has 0 aromatic heterocycles. The molecule has 0 spiro atoms. The van der Waals surface area contributed by atoms with Crippen LogP contribution in [-0.2, 0) is 9.59 Å². The first-order valence-electron chi connectivity index (χ1n) is 8.42. The van der Waals surface area contributed by atoms with Gasteiger partial charge in [-0.25, -0.2) is 0 Å². The van der Waals surface area contributed by atoms with Gasteiger partial charge in [0.25, 0.3) is 0 Å². The number of hydrogen-bond acceptors (Lipinski definition) is 2. The number of benzene rings is 1. The molecule has 2 amide bonds. The van der Waals surface area contributed by atoms with Gasteiger partial charge in [0, 0.05) is 18.8 Å². The van der Waals surface area contributed by atoms with Gasteiger partial charge in [0.1, 0.15) is 5.41 Å². The molecular weight excluding hydrogens is 288 g/mol. The van der Waals surface area contributed by atoms with Crippen molar-refractivity contribution in [3.8, 4) is 0 Å². The van der Waals surface area contributed by atoms with Crippen LogP contribution in [0.4, 0.5) is 5.69 Å². The lowest BCUT2D eigenvalue weighted by molar-refractivity contribution is -0.146. The molecule has 1 N–H and O–H groups in total. The van der Waals surface area contributed by atoms with Crippen molar-refractivity contribution in [1.82, 2.24) is 4.90 Å². The van der Waals surface area contributed by atoms with Gasteiger partial charge in [0.15, 0.2) is 0 Å². The Hall–Kier alpha value is -1.84. The SMILES string of the molecule is CCCN(CCC)C(=O)C(C)(C)C(=O)Nc1ccc(C)c(C)c1. The standard InChI is InChI=1S/C19H30N2O2/c1-7-11-21(12-8-2)18(23)19(5,6)17(22)20-16-10-9-14(3)15(4)13-16/h9-10,13H,7-8,11-12H2,1-6H3,(H,20,22). The van der Waals surface area contributed by atoms with E-state index in [1.807, 2.05) is 45.9 Å². The molecule has 0 fully saturated rings. The van der Waals surface area contributed by atoms with Crippen LogP contribution in [0.2, 0.25) is 0 Å². The van der Waals surface area contributed by atoms with Gasteiger partial charge in [-0.3, -0.25) is 9.59 Å². The third-order valence-corrected chi connectivity index (χ3v) is 4.14. The molecule has 0 aliphatic carbocycles. The van der Waals surface area contributed by atoms with E-state index in [-0.39, 0.29) is 11.8 Å². The molecule has 0 aliphatic rings. The Kier molecular flexibility index (Phi) is 6.79. The zero-order valence-corrected chi connectivity index (χ0v) is 15.3. The minimum absolute atomic E-state index is 0.109. The monoisotopic (exact) mass is 318 g/mol. The van der Waals surface area contributed by atoms with Crippen LogP contribution in [0, 0.1) is 19.3 Å². The van der Waals surface area contributed by atoms with Crippen molar-refractivity contribution in [2.45, 2.75) is 54.4 Å². The second kappa shape index (κ2) is 8.14. The largest absolute Gasteiger partial charge is 0.342 e. The fourth-order valence-corrected chi connectivity index (χ4v) is 2.45. The molecule has 128 valence electrons. The number of aryl methyl sites for hydroxylation is 2. The lowest BCUT2D eigenvalue weighted by atomic mass is 9.89. The fraction of sp³-hybridized carbons (Fsp3) is 0.579. The van der Waals surface area contributed by atoms with Crippen LogP contribution in [0.1, 0.15) is 51.7 Å². The maximum absolute atomic E-state index is 12.8. The smallest absolute Gasteiger partial charge is 0.239 e. The van der Waals surface area contributed by atoms with Gasteiger partial charge in [-0.15, -0.1) is 0 Å². The molecule has 0 bridgehead atoms. The van der Waals surface area contributed by atoms with Gasteiger partial charge in [-0.1, -0.05) is 19.9 Å². The summed E-state index contributed by atoms with van der Waals surface area (Å²) in [5, 5.41) is 2.88. The zero-order chi connectivity index (χ0) is 17.6. The van der Waals surface area contributed by atoms with E-state index in [1.165, 1.54) is 5.56 Å². The van der Waals surface area contributed by atoms with E-state index in [1.54, 1.807) is 18.7 Å². The third-order valence-electron chi connectivity index (χ3n) is 4.14. The minimum atomic E-state index is -1.08. The second-order valence-electron chi connectivity index (χ2n) is 6.67. The molecule has 0 radical (unpaired) electrons. The summed E-state index contributed by atoms with van der Waals surface area (Å²) in [5.74, 6) is -0.370. The van der Waals surface area contributed by atoms with Gasteiger partial charge in [-0.05, 0) is 63.8 Å². The molecule has 23 heavy (non-hydrogen) atoms. The maximum atomic E-state index is 12.8. The topological polar surface area (TPSA) is 49.4 Å². The average Bonchev–Trinajstić information content (AvgIpc) is 2.50. The van der Waals surface area contributed by atoms with Crippen LogP contribution in [0.5, 0.6) is 0 Å². The molecule has 1 aromatic rings. The summed E-state index contributed by atoms with van der Waals surface area (Å²) in [6.07, 6.45) is 1.78. The average molecular weight is 318 g/mol. The van der Waals surface area contributed by atoms with Gasteiger partial charge in [0.05, 0.1) is 0 Å². The minimum Gasteiger partial charge on any atom is -0.342 e. The number of carbonyl (C=O) groups excluding carboxylic acids is 2. The Balaban J connectivity index is 2.89. The first kappa shape index (κ1) is 19.2. The molecule has 0 atom stereocenters. The Morgan fingerprint density at radius 3 is 2.09 bits per heavy atom. The van der Waals surface area contributed by atoms with Gasteiger partial charge < -0.3 is 10.2 Å². The van der Waals surface area contributed by atoms with Crippen LogP contribution < -0.4 is 5.32 Å². The van der Waals surface area contributed by atoms with E-state index >= 15 is 0 Å². The van der Waals surface area contributed by atoms with E-state index in [0.717, 1.165) is 24.1 Å². The number of nitrogens with one attached hydrogen (secondary N) is 1. The van der Waals surface area contributed by atoms with Gasteiger partial charge in [-0.2, -0.15) is 0 Å². The van der Waals surface area contributed by atoms with Crippen molar-refractivity contribution < 1.29 is 9.59 Å². The Morgan fingerprint density at radius 2 is 1.61 bits per heavy atom. The van der Waals surface area contributed by atoms with Gasteiger partial charge in [0.2, 0.25) is 11.8 Å². The summed E-state index contributed by atoms with van der Waals surface area (Å²) in [4.78, 5) is 27.2. The summed E-state index contributed by atoms with van der Waals surface area (Å²) in [6, 6.07) is 5.78. The van der Waals surface area contributed by atoms with E-state index in [2.05, 4.69) is 5.32 Å². The summed E-state index contributed by atoms with van der Waals surface area (Å²) >= 11 is 0. The number of nitrogens with zero attached hydrogens (tertiary/aromatic N) is 1.